The molecule has 0 saturated carbocycles. The van der Waals surface area contributed by atoms with E-state index in [4.69, 9.17) is 4.74 Å². The molecule has 5 nitrogen and oxygen atoms in total. The fourth-order valence-corrected chi connectivity index (χ4v) is 2.64. The molecule has 2 N–H and O–H groups in total. The van der Waals surface area contributed by atoms with E-state index in [-0.39, 0.29) is 18.1 Å². The number of carbonyl (C=O) groups is 1. The van der Waals surface area contributed by atoms with Crippen molar-refractivity contribution in [3.8, 4) is 5.75 Å². The Balaban J connectivity index is 1.88. The molecule has 0 saturated heterocycles. The molecule has 1 aromatic heterocycles. The van der Waals surface area contributed by atoms with Gasteiger partial charge in [-0.15, -0.1) is 0 Å². The lowest BCUT2D eigenvalue weighted by atomic mass is 10.1. The van der Waals surface area contributed by atoms with Crippen LogP contribution in [-0.4, -0.2) is 24.2 Å². The number of rotatable bonds is 7. The number of pyridine rings is 1. The maximum Gasteiger partial charge on any atom is 0.315 e. The lowest BCUT2D eigenvalue weighted by Gasteiger charge is -2.20. The second kappa shape index (κ2) is 8.91. The highest BCUT2D eigenvalue weighted by Crippen LogP contribution is 2.16. The van der Waals surface area contributed by atoms with Crippen molar-refractivity contribution in [2.45, 2.75) is 38.8 Å². The van der Waals surface area contributed by atoms with E-state index in [1.807, 2.05) is 50.2 Å². The van der Waals surface area contributed by atoms with Crippen LogP contribution in [0.1, 0.15) is 37.4 Å². The Morgan fingerprint density at radius 3 is 2.62 bits per heavy atom. The van der Waals surface area contributed by atoms with Crippen molar-refractivity contribution in [3.05, 3.63) is 59.9 Å². The molecule has 0 radical (unpaired) electrons. The molecule has 0 bridgehead atoms. The number of nitrogens with zero attached hydrogens (tertiary/aromatic N) is 1. The third kappa shape index (κ3) is 5.26. The molecule has 128 valence electrons. The van der Waals surface area contributed by atoms with Gasteiger partial charge in [-0.1, -0.05) is 19.1 Å². The van der Waals surface area contributed by atoms with Crippen molar-refractivity contribution in [1.82, 2.24) is 15.6 Å². The molecule has 2 amide bonds. The van der Waals surface area contributed by atoms with Gasteiger partial charge in [0, 0.05) is 18.4 Å². The number of urea groups is 1. The first-order valence-corrected chi connectivity index (χ1v) is 8.22. The van der Waals surface area contributed by atoms with E-state index in [2.05, 4.69) is 15.6 Å². The predicted octanol–water partition coefficient (Wildman–Crippen LogP) is 3.47. The zero-order valence-corrected chi connectivity index (χ0v) is 14.5. The largest absolute Gasteiger partial charge is 0.497 e. The van der Waals surface area contributed by atoms with Crippen LogP contribution in [0.25, 0.3) is 0 Å². The third-order valence-electron chi connectivity index (χ3n) is 3.88. The van der Waals surface area contributed by atoms with E-state index in [1.165, 1.54) is 0 Å². The molecule has 0 unspecified atom stereocenters. The topological polar surface area (TPSA) is 63.2 Å². The quantitative estimate of drug-likeness (QED) is 0.818. The van der Waals surface area contributed by atoms with Crippen molar-refractivity contribution in [2.24, 2.45) is 0 Å². The summed E-state index contributed by atoms with van der Waals surface area (Å²) in [5.41, 5.74) is 2.19. The first kappa shape index (κ1) is 17.8. The predicted molar refractivity (Wildman–Crippen MR) is 95.1 cm³/mol. The summed E-state index contributed by atoms with van der Waals surface area (Å²) >= 11 is 0. The molecule has 0 aliphatic carbocycles. The van der Waals surface area contributed by atoms with Crippen molar-refractivity contribution < 1.29 is 9.53 Å². The summed E-state index contributed by atoms with van der Waals surface area (Å²) in [5, 5.41) is 6.01. The number of aromatic nitrogens is 1. The summed E-state index contributed by atoms with van der Waals surface area (Å²) in [4.78, 5) is 16.3. The smallest absolute Gasteiger partial charge is 0.315 e. The summed E-state index contributed by atoms with van der Waals surface area (Å²) in [6.45, 7) is 4.04. The zero-order valence-electron chi connectivity index (χ0n) is 14.5. The lowest BCUT2D eigenvalue weighted by molar-refractivity contribution is 0.233. The van der Waals surface area contributed by atoms with E-state index in [9.17, 15) is 4.79 Å². The molecule has 2 atom stereocenters. The molecule has 2 rings (SSSR count). The van der Waals surface area contributed by atoms with Crippen LogP contribution in [0.15, 0.2) is 48.8 Å². The molecule has 0 spiro atoms. The van der Waals surface area contributed by atoms with Gasteiger partial charge in [0.2, 0.25) is 0 Å². The molecule has 0 fully saturated rings. The van der Waals surface area contributed by atoms with Crippen LogP contribution in [0.2, 0.25) is 0 Å². The standard InChI is InChI=1S/C19H25N3O2/c1-4-18(16-8-10-20-11-9-16)22-19(23)21-14(2)12-15-6-5-7-17(13-15)24-3/h5-11,13-14,18H,4,12H2,1-3H3,(H2,21,22,23)/t14-,18+/m1/s1. The first-order valence-electron chi connectivity index (χ1n) is 8.22. The molecule has 24 heavy (non-hydrogen) atoms. The number of methoxy groups -OCH3 is 1. The minimum Gasteiger partial charge on any atom is -0.497 e. The fraction of sp³-hybridized carbons (Fsp3) is 0.368. The van der Waals surface area contributed by atoms with Crippen LogP contribution in [0, 0.1) is 0 Å². The first-order chi connectivity index (χ1) is 11.6. The second-order valence-corrected chi connectivity index (χ2v) is 5.82. The SMILES string of the molecule is CC[C@H](NC(=O)N[C@H](C)Cc1cccc(OC)c1)c1ccncc1. The molecule has 1 aromatic carbocycles. The van der Waals surface area contributed by atoms with Gasteiger partial charge in [0.1, 0.15) is 5.75 Å². The number of amides is 2. The summed E-state index contributed by atoms with van der Waals surface area (Å²) in [7, 11) is 1.65. The Kier molecular flexibility index (Phi) is 6.61. The highest BCUT2D eigenvalue weighted by Gasteiger charge is 2.14. The Labute approximate surface area is 143 Å². The molecule has 5 heteroatoms. The highest BCUT2D eigenvalue weighted by atomic mass is 16.5. The van der Waals surface area contributed by atoms with E-state index in [0.717, 1.165) is 29.7 Å². The van der Waals surface area contributed by atoms with Crippen LogP contribution in [-0.2, 0) is 6.42 Å². The number of ether oxygens (including phenoxy) is 1. The van der Waals surface area contributed by atoms with Gasteiger partial charge in [0.05, 0.1) is 13.2 Å². The normalized spacial score (nSPS) is 13.0. The summed E-state index contributed by atoms with van der Waals surface area (Å²) in [5.74, 6) is 0.827. The Morgan fingerprint density at radius 1 is 1.21 bits per heavy atom. The average Bonchev–Trinajstić information content (AvgIpc) is 2.60. The van der Waals surface area contributed by atoms with Gasteiger partial charge in [-0.25, -0.2) is 4.79 Å². The number of hydrogen-bond donors (Lipinski definition) is 2. The molecule has 0 aliphatic heterocycles. The van der Waals surface area contributed by atoms with Crippen LogP contribution < -0.4 is 15.4 Å². The monoisotopic (exact) mass is 327 g/mol. The number of nitrogens with one attached hydrogen (secondary N) is 2. The van der Waals surface area contributed by atoms with Gasteiger partial charge in [0.15, 0.2) is 0 Å². The van der Waals surface area contributed by atoms with Crippen molar-refractivity contribution in [2.75, 3.05) is 7.11 Å². The minimum atomic E-state index is -0.158. The van der Waals surface area contributed by atoms with E-state index in [1.54, 1.807) is 19.5 Å². The fourth-order valence-electron chi connectivity index (χ4n) is 2.64. The maximum absolute atomic E-state index is 12.2. The molecule has 0 aliphatic rings. The third-order valence-corrected chi connectivity index (χ3v) is 3.88. The number of benzene rings is 1. The molecule has 2 aromatic rings. The van der Waals surface area contributed by atoms with Crippen LogP contribution in [0.5, 0.6) is 5.75 Å². The van der Waals surface area contributed by atoms with Crippen LogP contribution in [0.3, 0.4) is 0 Å². The molecular weight excluding hydrogens is 302 g/mol. The molecule has 1 heterocycles. The second-order valence-electron chi connectivity index (χ2n) is 5.82. The van der Waals surface area contributed by atoms with Crippen molar-refractivity contribution in [3.63, 3.8) is 0 Å². The minimum absolute atomic E-state index is 0.0166. The van der Waals surface area contributed by atoms with E-state index < -0.39 is 0 Å². The Bertz CT molecular complexity index is 646. The lowest BCUT2D eigenvalue weighted by Crippen LogP contribution is -2.43. The summed E-state index contributed by atoms with van der Waals surface area (Å²) in [6.07, 6.45) is 5.05. The van der Waals surface area contributed by atoms with Gasteiger partial charge in [-0.3, -0.25) is 4.98 Å². The van der Waals surface area contributed by atoms with Gasteiger partial charge >= 0.3 is 6.03 Å². The summed E-state index contributed by atoms with van der Waals surface area (Å²) < 4.78 is 5.23. The van der Waals surface area contributed by atoms with Gasteiger partial charge in [0.25, 0.3) is 0 Å². The van der Waals surface area contributed by atoms with Crippen LogP contribution >= 0.6 is 0 Å². The van der Waals surface area contributed by atoms with E-state index in [0.29, 0.717) is 0 Å². The molecular formula is C19H25N3O2. The average molecular weight is 327 g/mol. The number of carbonyl (C=O) groups excluding carboxylic acids is 1. The Hall–Kier alpha value is -2.56. The maximum atomic E-state index is 12.2. The van der Waals surface area contributed by atoms with Crippen molar-refractivity contribution in [1.29, 1.82) is 0 Å². The van der Waals surface area contributed by atoms with Gasteiger partial charge in [-0.05, 0) is 55.2 Å². The highest BCUT2D eigenvalue weighted by molar-refractivity contribution is 5.74. The van der Waals surface area contributed by atoms with Crippen molar-refractivity contribution >= 4 is 6.03 Å². The Morgan fingerprint density at radius 2 is 1.96 bits per heavy atom. The van der Waals surface area contributed by atoms with Gasteiger partial charge < -0.3 is 15.4 Å². The van der Waals surface area contributed by atoms with Crippen LogP contribution in [0.4, 0.5) is 4.79 Å². The summed E-state index contributed by atoms with van der Waals surface area (Å²) in [6, 6.07) is 11.6. The van der Waals surface area contributed by atoms with Gasteiger partial charge in [-0.2, -0.15) is 0 Å². The number of hydrogen-bond acceptors (Lipinski definition) is 3. The van der Waals surface area contributed by atoms with E-state index >= 15 is 0 Å². The zero-order chi connectivity index (χ0) is 17.4.